The predicted molar refractivity (Wildman–Crippen MR) is 101 cm³/mol. The van der Waals surface area contributed by atoms with Crippen molar-refractivity contribution in [3.05, 3.63) is 81.8 Å². The van der Waals surface area contributed by atoms with Crippen LogP contribution in [0.25, 0.3) is 0 Å². The highest BCUT2D eigenvalue weighted by molar-refractivity contribution is 7.89. The molecule has 0 fully saturated rings. The van der Waals surface area contributed by atoms with Gasteiger partial charge < -0.3 is 0 Å². The van der Waals surface area contributed by atoms with Crippen LogP contribution < -0.4 is 4.72 Å². The van der Waals surface area contributed by atoms with Crippen LogP contribution in [-0.2, 0) is 22.9 Å². The van der Waals surface area contributed by atoms with Gasteiger partial charge in [0.2, 0.25) is 10.0 Å². The third kappa shape index (κ3) is 4.55. The van der Waals surface area contributed by atoms with Crippen LogP contribution in [0.15, 0.2) is 65.7 Å². The van der Waals surface area contributed by atoms with Crippen LogP contribution in [0.4, 0.5) is 0 Å². The fourth-order valence-corrected chi connectivity index (χ4v) is 4.65. The van der Waals surface area contributed by atoms with Crippen molar-refractivity contribution in [2.75, 3.05) is 6.54 Å². The predicted octanol–water partition coefficient (Wildman–Crippen LogP) is 3.13. The topological polar surface area (TPSA) is 82.8 Å². The largest absolute Gasteiger partial charge is 0.249 e. The normalized spacial score (nSPS) is 11.2. The second kappa shape index (κ2) is 8.23. The van der Waals surface area contributed by atoms with Gasteiger partial charge in [-0.05, 0) is 17.7 Å². The highest BCUT2D eigenvalue weighted by Gasteiger charge is 2.17. The molecule has 0 aliphatic carbocycles. The molecular weight excluding hydrogens is 366 g/mol. The molecule has 7 heteroatoms. The molecule has 1 aromatic heterocycles. The van der Waals surface area contributed by atoms with Crippen LogP contribution >= 0.6 is 11.3 Å². The van der Waals surface area contributed by atoms with E-state index >= 15 is 0 Å². The molecule has 0 aliphatic rings. The fourth-order valence-electron chi connectivity index (χ4n) is 2.51. The Morgan fingerprint density at radius 1 is 1.08 bits per heavy atom. The Hall–Kier alpha value is -2.53. The average molecular weight is 383 g/mol. The Morgan fingerprint density at radius 3 is 2.58 bits per heavy atom. The maximum atomic E-state index is 12.4. The first kappa shape index (κ1) is 18.3. The van der Waals surface area contributed by atoms with Crippen molar-refractivity contribution in [3.63, 3.8) is 0 Å². The number of nitrogens with zero attached hydrogens (tertiary/aromatic N) is 2. The first-order valence-electron chi connectivity index (χ1n) is 8.05. The Balaban J connectivity index is 1.59. The molecule has 1 heterocycles. The highest BCUT2D eigenvalue weighted by Crippen LogP contribution is 2.18. The molecule has 0 atom stereocenters. The molecule has 0 radical (unpaired) electrons. The van der Waals surface area contributed by atoms with Gasteiger partial charge in [0.25, 0.3) is 0 Å². The monoisotopic (exact) mass is 383 g/mol. The number of sulfonamides is 1. The minimum Gasteiger partial charge on any atom is -0.249 e. The van der Waals surface area contributed by atoms with E-state index in [-0.39, 0.29) is 17.0 Å². The average Bonchev–Trinajstić information content (AvgIpc) is 3.09. The highest BCUT2D eigenvalue weighted by atomic mass is 32.2. The molecule has 0 bridgehead atoms. The van der Waals surface area contributed by atoms with Gasteiger partial charge in [0.05, 0.1) is 15.5 Å². The van der Waals surface area contributed by atoms with Gasteiger partial charge >= 0.3 is 0 Å². The van der Waals surface area contributed by atoms with E-state index in [0.717, 1.165) is 16.3 Å². The number of nitriles is 1. The van der Waals surface area contributed by atoms with Crippen LogP contribution in [0.1, 0.15) is 21.0 Å². The SMILES string of the molecule is N#Cc1ccccc1S(=O)(=O)NCCc1ncc(Cc2ccccc2)s1. The first-order chi connectivity index (χ1) is 12.6. The van der Waals surface area contributed by atoms with E-state index in [1.807, 2.05) is 30.5 Å². The molecule has 0 saturated carbocycles. The molecule has 3 rings (SSSR count). The summed E-state index contributed by atoms with van der Waals surface area (Å²) >= 11 is 1.58. The Morgan fingerprint density at radius 2 is 1.81 bits per heavy atom. The standard InChI is InChI=1S/C19H17N3O2S2/c20-13-16-8-4-5-9-18(16)26(23,24)22-11-10-19-21-14-17(25-19)12-15-6-2-1-3-7-15/h1-9,14,22H,10-12H2. The van der Waals surface area contributed by atoms with Crippen molar-refractivity contribution >= 4 is 21.4 Å². The van der Waals surface area contributed by atoms with Gasteiger partial charge in [-0.2, -0.15) is 5.26 Å². The van der Waals surface area contributed by atoms with Gasteiger partial charge in [0.15, 0.2) is 0 Å². The van der Waals surface area contributed by atoms with Gasteiger partial charge in [-0.3, -0.25) is 0 Å². The summed E-state index contributed by atoms with van der Waals surface area (Å²) in [5.41, 5.74) is 1.36. The van der Waals surface area contributed by atoms with Gasteiger partial charge in [0.1, 0.15) is 6.07 Å². The maximum absolute atomic E-state index is 12.4. The Labute approximate surface area is 157 Å². The first-order valence-corrected chi connectivity index (χ1v) is 10.3. The number of rotatable bonds is 7. The molecule has 0 unspecified atom stereocenters. The lowest BCUT2D eigenvalue weighted by molar-refractivity contribution is 0.581. The Bertz CT molecular complexity index is 1020. The maximum Gasteiger partial charge on any atom is 0.241 e. The quantitative estimate of drug-likeness (QED) is 0.679. The van der Waals surface area contributed by atoms with Crippen molar-refractivity contribution in [2.45, 2.75) is 17.7 Å². The van der Waals surface area contributed by atoms with Crippen molar-refractivity contribution in [1.29, 1.82) is 5.26 Å². The molecule has 0 spiro atoms. The van der Waals surface area contributed by atoms with Gasteiger partial charge in [-0.1, -0.05) is 42.5 Å². The summed E-state index contributed by atoms with van der Waals surface area (Å²) < 4.78 is 27.3. The third-order valence-corrected chi connectivity index (χ3v) is 6.33. The van der Waals surface area contributed by atoms with E-state index in [2.05, 4.69) is 21.8 Å². The Kier molecular flexibility index (Phi) is 5.78. The minimum absolute atomic E-state index is 0.00593. The number of aromatic nitrogens is 1. The van der Waals surface area contributed by atoms with E-state index in [0.29, 0.717) is 6.42 Å². The summed E-state index contributed by atoms with van der Waals surface area (Å²) in [7, 11) is -3.71. The lowest BCUT2D eigenvalue weighted by atomic mass is 10.1. The lowest BCUT2D eigenvalue weighted by Crippen LogP contribution is -2.26. The van der Waals surface area contributed by atoms with Crippen LogP contribution in [0.5, 0.6) is 0 Å². The van der Waals surface area contributed by atoms with E-state index in [1.54, 1.807) is 23.5 Å². The van der Waals surface area contributed by atoms with Gasteiger partial charge in [-0.25, -0.2) is 18.1 Å². The molecule has 3 aromatic rings. The van der Waals surface area contributed by atoms with Crippen LogP contribution in [0.3, 0.4) is 0 Å². The summed E-state index contributed by atoms with van der Waals surface area (Å²) in [6.45, 7) is 0.236. The van der Waals surface area contributed by atoms with Crippen molar-refractivity contribution in [3.8, 4) is 6.07 Å². The molecule has 0 saturated heterocycles. The fraction of sp³-hybridized carbons (Fsp3) is 0.158. The van der Waals surface area contributed by atoms with Crippen molar-refractivity contribution < 1.29 is 8.42 Å². The zero-order valence-electron chi connectivity index (χ0n) is 13.9. The minimum atomic E-state index is -3.71. The van der Waals surface area contributed by atoms with E-state index in [9.17, 15) is 8.42 Å². The lowest BCUT2D eigenvalue weighted by Gasteiger charge is -2.07. The molecule has 5 nitrogen and oxygen atoms in total. The van der Waals surface area contributed by atoms with Crippen LogP contribution in [0.2, 0.25) is 0 Å². The summed E-state index contributed by atoms with van der Waals surface area (Å²) in [6.07, 6.45) is 3.17. The number of hydrogen-bond acceptors (Lipinski definition) is 5. The zero-order valence-corrected chi connectivity index (χ0v) is 15.6. The number of nitrogens with one attached hydrogen (secondary N) is 1. The number of thiazole rings is 1. The summed E-state index contributed by atoms with van der Waals surface area (Å²) in [6, 6.07) is 18.2. The van der Waals surface area contributed by atoms with Crippen molar-refractivity contribution in [1.82, 2.24) is 9.71 Å². The summed E-state index contributed by atoms with van der Waals surface area (Å²) in [4.78, 5) is 5.52. The zero-order chi connectivity index (χ0) is 18.4. The third-order valence-electron chi connectivity index (χ3n) is 3.75. The van der Waals surface area contributed by atoms with Crippen LogP contribution in [0, 0.1) is 11.3 Å². The van der Waals surface area contributed by atoms with E-state index in [4.69, 9.17) is 5.26 Å². The number of hydrogen-bond donors (Lipinski definition) is 1. The molecule has 0 amide bonds. The van der Waals surface area contributed by atoms with Gasteiger partial charge in [-0.15, -0.1) is 11.3 Å². The molecule has 2 aromatic carbocycles. The molecule has 1 N–H and O–H groups in total. The second-order valence-electron chi connectivity index (χ2n) is 5.64. The second-order valence-corrected chi connectivity index (χ2v) is 8.57. The van der Waals surface area contributed by atoms with E-state index < -0.39 is 10.0 Å². The molecular formula is C19H17N3O2S2. The molecule has 26 heavy (non-hydrogen) atoms. The van der Waals surface area contributed by atoms with Gasteiger partial charge in [0, 0.05) is 30.5 Å². The van der Waals surface area contributed by atoms with E-state index in [1.165, 1.54) is 17.7 Å². The molecule has 132 valence electrons. The smallest absolute Gasteiger partial charge is 0.241 e. The summed E-state index contributed by atoms with van der Waals surface area (Å²) in [5, 5.41) is 9.94. The molecule has 0 aliphatic heterocycles. The summed E-state index contributed by atoms with van der Waals surface area (Å²) in [5.74, 6) is 0. The number of benzene rings is 2. The van der Waals surface area contributed by atoms with Crippen LogP contribution in [-0.4, -0.2) is 19.9 Å². The van der Waals surface area contributed by atoms with Crippen molar-refractivity contribution in [2.24, 2.45) is 0 Å².